The van der Waals surface area contributed by atoms with Crippen LogP contribution in [0.3, 0.4) is 0 Å². The highest BCUT2D eigenvalue weighted by Gasteiger charge is 2.19. The van der Waals surface area contributed by atoms with Crippen LogP contribution in [0.15, 0.2) is 0 Å². The van der Waals surface area contributed by atoms with E-state index in [1.165, 1.54) is 0 Å². The van der Waals surface area contributed by atoms with Crippen LogP contribution in [0.4, 0.5) is 0 Å². The molecule has 0 aromatic carbocycles. The van der Waals surface area contributed by atoms with Crippen LogP contribution in [-0.2, 0) is 0 Å². The number of nitrogens with zero attached hydrogens (tertiary/aromatic N) is 3. The summed E-state index contributed by atoms with van der Waals surface area (Å²) in [6.45, 7) is 13.6. The van der Waals surface area contributed by atoms with Crippen LogP contribution in [0.1, 0.15) is 20.8 Å². The predicted octanol–water partition coefficient (Wildman–Crippen LogP) is 1.46. The Morgan fingerprint density at radius 1 is 0.692 bits per heavy atom. The van der Waals surface area contributed by atoms with E-state index >= 15 is 0 Å². The smallest absolute Gasteiger partial charge is 0.0529 e. The lowest BCUT2D eigenvalue weighted by molar-refractivity contribution is -0.0212. The molecule has 0 N–H and O–H groups in total. The van der Waals surface area contributed by atoms with Crippen molar-refractivity contribution in [3.63, 3.8) is 0 Å². The van der Waals surface area contributed by atoms with E-state index in [2.05, 4.69) is 35.5 Å². The fourth-order valence-electron chi connectivity index (χ4n) is 1.58. The molecule has 0 radical (unpaired) electrons. The van der Waals surface area contributed by atoms with Crippen molar-refractivity contribution < 1.29 is 0 Å². The van der Waals surface area contributed by atoms with Gasteiger partial charge in [0.25, 0.3) is 0 Å². The first-order valence-electron chi connectivity index (χ1n) is 4.97. The third-order valence-electron chi connectivity index (χ3n) is 2.54. The lowest BCUT2D eigenvalue weighted by atomic mass is 10.4. The minimum absolute atomic E-state index is 0. The average molecular weight is 299 g/mol. The minimum atomic E-state index is 0. The van der Waals surface area contributed by atoms with Crippen LogP contribution >= 0.6 is 24.0 Å². The highest BCUT2D eigenvalue weighted by molar-refractivity contribution is 14.0. The number of rotatable bonds is 3. The molecule has 0 aromatic heterocycles. The van der Waals surface area contributed by atoms with Gasteiger partial charge in [0.15, 0.2) is 0 Å². The average Bonchev–Trinajstić information content (AvgIpc) is 2.16. The Bertz CT molecular complexity index is 102. The van der Waals surface area contributed by atoms with Crippen LogP contribution < -0.4 is 0 Å². The molecule has 0 aliphatic carbocycles. The summed E-state index contributed by atoms with van der Waals surface area (Å²) in [6.07, 6.45) is 0. The summed E-state index contributed by atoms with van der Waals surface area (Å²) in [7, 11) is 0. The van der Waals surface area contributed by atoms with E-state index in [4.69, 9.17) is 0 Å². The van der Waals surface area contributed by atoms with Gasteiger partial charge in [0, 0.05) is 0 Å². The lowest BCUT2D eigenvalue weighted by Gasteiger charge is -2.41. The molecule has 1 heterocycles. The molecule has 80 valence electrons. The highest BCUT2D eigenvalue weighted by Crippen LogP contribution is 2.05. The van der Waals surface area contributed by atoms with Crippen molar-refractivity contribution in [1.82, 2.24) is 14.7 Å². The molecule has 1 rings (SSSR count). The molecule has 0 atom stereocenters. The third kappa shape index (κ3) is 4.10. The topological polar surface area (TPSA) is 9.72 Å². The summed E-state index contributed by atoms with van der Waals surface area (Å²) >= 11 is 0. The van der Waals surface area contributed by atoms with E-state index in [9.17, 15) is 0 Å². The minimum Gasteiger partial charge on any atom is -0.278 e. The second-order valence-corrected chi connectivity index (χ2v) is 3.39. The Morgan fingerprint density at radius 2 is 0.923 bits per heavy atom. The largest absolute Gasteiger partial charge is 0.278 e. The van der Waals surface area contributed by atoms with Crippen LogP contribution in [0.5, 0.6) is 0 Å². The monoisotopic (exact) mass is 299 g/mol. The number of halogens is 1. The molecule has 0 saturated carbocycles. The molecule has 0 amide bonds. The van der Waals surface area contributed by atoms with Crippen molar-refractivity contribution >= 4 is 24.0 Å². The van der Waals surface area contributed by atoms with Gasteiger partial charge < -0.3 is 0 Å². The van der Waals surface area contributed by atoms with Crippen LogP contribution in [0.2, 0.25) is 0 Å². The van der Waals surface area contributed by atoms with Crippen molar-refractivity contribution in [3.05, 3.63) is 0 Å². The molecule has 1 saturated heterocycles. The summed E-state index contributed by atoms with van der Waals surface area (Å²) < 4.78 is 0. The summed E-state index contributed by atoms with van der Waals surface area (Å²) in [5.41, 5.74) is 0. The Balaban J connectivity index is 0.00000144. The van der Waals surface area contributed by atoms with Gasteiger partial charge in [-0.3, -0.25) is 14.7 Å². The Hall–Kier alpha value is 0.610. The maximum atomic E-state index is 2.47. The first-order valence-corrected chi connectivity index (χ1v) is 4.97. The van der Waals surface area contributed by atoms with E-state index in [0.717, 1.165) is 39.6 Å². The fourth-order valence-corrected chi connectivity index (χ4v) is 1.58. The quantitative estimate of drug-likeness (QED) is 0.731. The molecule has 0 spiro atoms. The summed E-state index contributed by atoms with van der Waals surface area (Å²) in [5.74, 6) is 0. The van der Waals surface area contributed by atoms with Crippen molar-refractivity contribution in [2.24, 2.45) is 0 Å². The molecule has 0 bridgehead atoms. The molecule has 1 aliphatic rings. The van der Waals surface area contributed by atoms with Crippen molar-refractivity contribution in [1.29, 1.82) is 0 Å². The standard InChI is InChI=1S/C9H21N3.HI/c1-4-10-7-11(5-2)9-12(6-3)8-10;/h4-9H2,1-3H3;1H. The second kappa shape index (κ2) is 6.98. The first-order chi connectivity index (χ1) is 5.80. The maximum absolute atomic E-state index is 2.47. The molecule has 0 aromatic rings. The molecule has 0 unspecified atom stereocenters. The molecular formula is C9H22IN3. The number of hydrogen-bond donors (Lipinski definition) is 0. The zero-order chi connectivity index (χ0) is 8.97. The molecule has 13 heavy (non-hydrogen) atoms. The SMILES string of the molecule is CCN1CN(CC)CN(CC)C1.I. The maximum Gasteiger partial charge on any atom is 0.0529 e. The van der Waals surface area contributed by atoms with Crippen LogP contribution in [-0.4, -0.2) is 54.3 Å². The molecule has 1 fully saturated rings. The van der Waals surface area contributed by atoms with Gasteiger partial charge in [0.05, 0.1) is 20.0 Å². The van der Waals surface area contributed by atoms with E-state index in [1.807, 2.05) is 0 Å². The Labute approximate surface area is 99.1 Å². The van der Waals surface area contributed by atoms with E-state index in [0.29, 0.717) is 0 Å². The van der Waals surface area contributed by atoms with Gasteiger partial charge in [-0.05, 0) is 19.6 Å². The molecular weight excluding hydrogens is 277 g/mol. The highest BCUT2D eigenvalue weighted by atomic mass is 127. The summed E-state index contributed by atoms with van der Waals surface area (Å²) in [5, 5.41) is 0. The first kappa shape index (κ1) is 13.6. The van der Waals surface area contributed by atoms with Crippen molar-refractivity contribution in [2.45, 2.75) is 20.8 Å². The van der Waals surface area contributed by atoms with Gasteiger partial charge >= 0.3 is 0 Å². The van der Waals surface area contributed by atoms with Crippen LogP contribution in [0.25, 0.3) is 0 Å². The van der Waals surface area contributed by atoms with Gasteiger partial charge in [-0.2, -0.15) is 0 Å². The Kier molecular flexibility index (Phi) is 7.30. The third-order valence-corrected chi connectivity index (χ3v) is 2.54. The van der Waals surface area contributed by atoms with Crippen molar-refractivity contribution in [2.75, 3.05) is 39.6 Å². The molecule has 3 nitrogen and oxygen atoms in total. The predicted molar refractivity (Wildman–Crippen MR) is 67.2 cm³/mol. The van der Waals surface area contributed by atoms with Gasteiger partial charge in [0.2, 0.25) is 0 Å². The summed E-state index contributed by atoms with van der Waals surface area (Å²) in [6, 6.07) is 0. The van der Waals surface area contributed by atoms with E-state index in [-0.39, 0.29) is 24.0 Å². The zero-order valence-electron chi connectivity index (χ0n) is 8.99. The lowest BCUT2D eigenvalue weighted by Crippen LogP contribution is -2.54. The zero-order valence-corrected chi connectivity index (χ0v) is 11.3. The van der Waals surface area contributed by atoms with Gasteiger partial charge in [-0.1, -0.05) is 20.8 Å². The Morgan fingerprint density at radius 3 is 1.08 bits per heavy atom. The van der Waals surface area contributed by atoms with E-state index in [1.54, 1.807) is 0 Å². The normalized spacial score (nSPS) is 21.5. The van der Waals surface area contributed by atoms with Crippen molar-refractivity contribution in [3.8, 4) is 0 Å². The van der Waals surface area contributed by atoms with Gasteiger partial charge in [-0.15, -0.1) is 24.0 Å². The van der Waals surface area contributed by atoms with Crippen LogP contribution in [0, 0.1) is 0 Å². The summed E-state index contributed by atoms with van der Waals surface area (Å²) in [4.78, 5) is 7.41. The van der Waals surface area contributed by atoms with E-state index < -0.39 is 0 Å². The number of hydrogen-bond acceptors (Lipinski definition) is 3. The fraction of sp³-hybridized carbons (Fsp3) is 1.00. The van der Waals surface area contributed by atoms with Gasteiger partial charge in [-0.25, -0.2) is 0 Å². The second-order valence-electron chi connectivity index (χ2n) is 3.39. The van der Waals surface area contributed by atoms with Gasteiger partial charge in [0.1, 0.15) is 0 Å². The molecule has 1 aliphatic heterocycles. The molecule has 4 heteroatoms.